The van der Waals surface area contributed by atoms with Crippen LogP contribution in [-0.2, 0) is 0 Å². The van der Waals surface area contributed by atoms with E-state index in [9.17, 15) is 4.79 Å². The molecular formula is C14H22N2O. The largest absolute Gasteiger partial charge is 0.398 e. The monoisotopic (exact) mass is 234 g/mol. The number of carbonyl (C=O) groups is 1. The number of aryl methyl sites for hydroxylation is 1. The lowest BCUT2D eigenvalue weighted by Gasteiger charge is -2.27. The first kappa shape index (κ1) is 13.6. The number of nitrogen functional groups attached to an aromatic ring is 1. The number of hydrogen-bond donors (Lipinski definition) is 1. The molecule has 3 heteroatoms. The topological polar surface area (TPSA) is 46.3 Å². The summed E-state index contributed by atoms with van der Waals surface area (Å²) in [6, 6.07) is 5.56. The van der Waals surface area contributed by atoms with E-state index >= 15 is 0 Å². The maximum absolute atomic E-state index is 12.2. The van der Waals surface area contributed by atoms with Crippen molar-refractivity contribution in [3.8, 4) is 0 Å². The van der Waals surface area contributed by atoms with Gasteiger partial charge in [-0.3, -0.25) is 4.79 Å². The zero-order chi connectivity index (χ0) is 13.2. The van der Waals surface area contributed by atoms with Crippen molar-refractivity contribution in [1.82, 2.24) is 4.90 Å². The molecule has 0 aliphatic carbocycles. The molecule has 0 unspecified atom stereocenters. The predicted octanol–water partition coefficient (Wildman–Crippen LogP) is 2.70. The van der Waals surface area contributed by atoms with E-state index in [-0.39, 0.29) is 11.3 Å². The summed E-state index contributed by atoms with van der Waals surface area (Å²) >= 11 is 0. The molecule has 1 rings (SSSR count). The predicted molar refractivity (Wildman–Crippen MR) is 72.0 cm³/mol. The van der Waals surface area contributed by atoms with Gasteiger partial charge in [-0.15, -0.1) is 0 Å². The van der Waals surface area contributed by atoms with Crippen LogP contribution in [-0.4, -0.2) is 24.4 Å². The highest BCUT2D eigenvalue weighted by Crippen LogP contribution is 2.20. The van der Waals surface area contributed by atoms with E-state index in [1.165, 1.54) is 0 Å². The Hall–Kier alpha value is -1.51. The molecule has 0 fully saturated rings. The minimum absolute atomic E-state index is 0.0128. The molecule has 0 aromatic heterocycles. The highest BCUT2D eigenvalue weighted by atomic mass is 16.2. The first-order valence-corrected chi connectivity index (χ1v) is 5.83. The van der Waals surface area contributed by atoms with Crippen LogP contribution < -0.4 is 5.73 Å². The Morgan fingerprint density at radius 1 is 1.35 bits per heavy atom. The summed E-state index contributed by atoms with van der Waals surface area (Å²) < 4.78 is 0. The van der Waals surface area contributed by atoms with Crippen molar-refractivity contribution in [3.05, 3.63) is 29.3 Å². The lowest BCUT2D eigenvalue weighted by atomic mass is 9.96. The minimum Gasteiger partial charge on any atom is -0.398 e. The van der Waals surface area contributed by atoms with Crippen LogP contribution in [0.5, 0.6) is 0 Å². The van der Waals surface area contributed by atoms with Gasteiger partial charge in [-0.05, 0) is 24.0 Å². The number of para-hydroxylation sites is 1. The number of anilines is 1. The third-order valence-corrected chi connectivity index (χ3v) is 2.61. The first-order chi connectivity index (χ1) is 7.72. The number of nitrogens with zero attached hydrogens (tertiary/aromatic N) is 1. The highest BCUT2D eigenvalue weighted by Gasteiger charge is 2.20. The van der Waals surface area contributed by atoms with Crippen LogP contribution in [0.2, 0.25) is 0 Å². The van der Waals surface area contributed by atoms with Crippen molar-refractivity contribution in [2.24, 2.45) is 5.41 Å². The fraction of sp³-hybridized carbons (Fsp3) is 0.500. The zero-order valence-corrected chi connectivity index (χ0v) is 11.4. The average Bonchev–Trinajstić information content (AvgIpc) is 2.18. The molecule has 17 heavy (non-hydrogen) atoms. The summed E-state index contributed by atoms with van der Waals surface area (Å²) in [6.07, 6.45) is 0. The van der Waals surface area contributed by atoms with Gasteiger partial charge in [0, 0.05) is 19.3 Å². The van der Waals surface area contributed by atoms with Crippen molar-refractivity contribution >= 4 is 11.6 Å². The summed E-state index contributed by atoms with van der Waals surface area (Å²) in [5, 5.41) is 0. The first-order valence-electron chi connectivity index (χ1n) is 5.83. The third kappa shape index (κ3) is 3.48. The van der Waals surface area contributed by atoms with Gasteiger partial charge in [0.05, 0.1) is 5.56 Å². The molecule has 0 saturated heterocycles. The quantitative estimate of drug-likeness (QED) is 0.800. The minimum atomic E-state index is -0.0128. The maximum Gasteiger partial charge on any atom is 0.255 e. The molecule has 1 aromatic carbocycles. The normalized spacial score (nSPS) is 11.4. The van der Waals surface area contributed by atoms with Gasteiger partial charge < -0.3 is 10.6 Å². The van der Waals surface area contributed by atoms with Crippen molar-refractivity contribution in [3.63, 3.8) is 0 Å². The molecular weight excluding hydrogens is 212 g/mol. The zero-order valence-electron chi connectivity index (χ0n) is 11.4. The molecule has 0 radical (unpaired) electrons. The summed E-state index contributed by atoms with van der Waals surface area (Å²) in [5.41, 5.74) is 8.14. The number of rotatable bonds is 2. The van der Waals surface area contributed by atoms with E-state index in [1.807, 2.05) is 26.1 Å². The van der Waals surface area contributed by atoms with Gasteiger partial charge in [-0.1, -0.05) is 32.9 Å². The van der Waals surface area contributed by atoms with Crippen molar-refractivity contribution in [2.45, 2.75) is 27.7 Å². The molecule has 1 aromatic rings. The lowest BCUT2D eigenvalue weighted by Crippen LogP contribution is -2.34. The number of amides is 1. The fourth-order valence-corrected chi connectivity index (χ4v) is 1.86. The maximum atomic E-state index is 12.2. The van der Waals surface area contributed by atoms with Crippen LogP contribution in [0.25, 0.3) is 0 Å². The average molecular weight is 234 g/mol. The Morgan fingerprint density at radius 3 is 2.47 bits per heavy atom. The van der Waals surface area contributed by atoms with Crippen LogP contribution in [0, 0.1) is 12.3 Å². The molecule has 1 amide bonds. The van der Waals surface area contributed by atoms with E-state index in [2.05, 4.69) is 20.8 Å². The molecule has 2 N–H and O–H groups in total. The van der Waals surface area contributed by atoms with E-state index in [4.69, 9.17) is 5.73 Å². The Morgan fingerprint density at radius 2 is 1.94 bits per heavy atom. The van der Waals surface area contributed by atoms with E-state index in [1.54, 1.807) is 11.0 Å². The molecule has 0 spiro atoms. The van der Waals surface area contributed by atoms with Gasteiger partial charge in [-0.2, -0.15) is 0 Å². The van der Waals surface area contributed by atoms with Crippen LogP contribution in [0.1, 0.15) is 36.7 Å². The summed E-state index contributed by atoms with van der Waals surface area (Å²) in [5.74, 6) is -0.0128. The fourth-order valence-electron chi connectivity index (χ4n) is 1.86. The second-order valence-electron chi connectivity index (χ2n) is 5.76. The van der Waals surface area contributed by atoms with E-state index in [0.717, 1.165) is 5.56 Å². The van der Waals surface area contributed by atoms with Gasteiger partial charge in [0.15, 0.2) is 0 Å². The molecule has 0 heterocycles. The van der Waals surface area contributed by atoms with Crippen LogP contribution in [0.4, 0.5) is 5.69 Å². The Bertz CT molecular complexity index is 419. The SMILES string of the molecule is Cc1cccc(C(=O)N(C)CC(C)(C)C)c1N. The van der Waals surface area contributed by atoms with Gasteiger partial charge in [-0.25, -0.2) is 0 Å². The van der Waals surface area contributed by atoms with Crippen molar-refractivity contribution < 1.29 is 4.79 Å². The molecule has 0 aliphatic heterocycles. The molecule has 3 nitrogen and oxygen atoms in total. The second kappa shape index (κ2) is 4.78. The molecule has 0 saturated carbocycles. The second-order valence-corrected chi connectivity index (χ2v) is 5.76. The van der Waals surface area contributed by atoms with Gasteiger partial charge in [0.25, 0.3) is 5.91 Å². The third-order valence-electron chi connectivity index (χ3n) is 2.61. The summed E-state index contributed by atoms with van der Waals surface area (Å²) in [4.78, 5) is 14.0. The van der Waals surface area contributed by atoms with Crippen molar-refractivity contribution in [1.29, 1.82) is 0 Å². The Kier molecular flexibility index (Phi) is 3.81. The van der Waals surface area contributed by atoms with Crippen LogP contribution >= 0.6 is 0 Å². The van der Waals surface area contributed by atoms with Crippen LogP contribution in [0.3, 0.4) is 0 Å². The van der Waals surface area contributed by atoms with Gasteiger partial charge in [0.1, 0.15) is 0 Å². The number of benzene rings is 1. The Labute approximate surface area is 104 Å². The smallest absolute Gasteiger partial charge is 0.255 e. The van der Waals surface area contributed by atoms with Crippen molar-refractivity contribution in [2.75, 3.05) is 19.3 Å². The molecule has 0 aliphatic rings. The molecule has 94 valence electrons. The lowest BCUT2D eigenvalue weighted by molar-refractivity contribution is 0.0746. The highest BCUT2D eigenvalue weighted by molar-refractivity contribution is 5.99. The molecule has 0 bridgehead atoms. The standard InChI is InChI=1S/C14H22N2O/c1-10-7-6-8-11(12(10)15)13(17)16(5)9-14(2,3)4/h6-8H,9,15H2,1-5H3. The van der Waals surface area contributed by atoms with Crippen LogP contribution in [0.15, 0.2) is 18.2 Å². The summed E-state index contributed by atoms with van der Waals surface area (Å²) in [6.45, 7) is 8.94. The van der Waals surface area contributed by atoms with E-state index < -0.39 is 0 Å². The number of carbonyl (C=O) groups excluding carboxylic acids is 1. The van der Waals surface area contributed by atoms with E-state index in [0.29, 0.717) is 17.8 Å². The van der Waals surface area contributed by atoms with Gasteiger partial charge in [0.2, 0.25) is 0 Å². The number of nitrogens with two attached hydrogens (primary N) is 1. The molecule has 0 atom stereocenters. The Balaban J connectivity index is 2.93. The number of hydrogen-bond acceptors (Lipinski definition) is 2. The van der Waals surface area contributed by atoms with Gasteiger partial charge >= 0.3 is 0 Å². The summed E-state index contributed by atoms with van der Waals surface area (Å²) in [7, 11) is 1.81.